The number of piperazine rings is 1. The molecule has 0 aromatic carbocycles. The lowest BCUT2D eigenvalue weighted by molar-refractivity contribution is 0.0632. The molecule has 20 heavy (non-hydrogen) atoms. The minimum Gasteiger partial charge on any atom is -0.335 e. The summed E-state index contributed by atoms with van der Waals surface area (Å²) in [6.07, 6.45) is 1.66. The molecule has 1 aromatic heterocycles. The molecular weight excluding hydrogens is 252 g/mol. The highest BCUT2D eigenvalue weighted by Gasteiger charge is 2.22. The van der Waals surface area contributed by atoms with E-state index in [9.17, 15) is 4.79 Å². The van der Waals surface area contributed by atoms with Crippen molar-refractivity contribution in [3.63, 3.8) is 0 Å². The van der Waals surface area contributed by atoms with Gasteiger partial charge < -0.3 is 9.80 Å². The molecule has 0 bridgehead atoms. The van der Waals surface area contributed by atoms with Gasteiger partial charge in [0.15, 0.2) is 0 Å². The first kappa shape index (κ1) is 18.6. The van der Waals surface area contributed by atoms with Gasteiger partial charge in [-0.15, -0.1) is 0 Å². The summed E-state index contributed by atoms with van der Waals surface area (Å²) >= 11 is 0. The molecule has 2 rings (SSSR count). The van der Waals surface area contributed by atoms with Crippen molar-refractivity contribution in [1.29, 1.82) is 0 Å². The summed E-state index contributed by atoms with van der Waals surface area (Å²) in [6, 6.07) is 1.77. The van der Waals surface area contributed by atoms with Crippen molar-refractivity contribution in [1.82, 2.24) is 19.6 Å². The fourth-order valence-corrected chi connectivity index (χ4v) is 2.01. The van der Waals surface area contributed by atoms with Gasteiger partial charge in [0.05, 0.1) is 0 Å². The molecule has 0 unspecified atom stereocenters. The van der Waals surface area contributed by atoms with Gasteiger partial charge >= 0.3 is 0 Å². The quantitative estimate of drug-likeness (QED) is 0.835. The molecule has 0 radical (unpaired) electrons. The molecular formula is C15H30N4O. The molecule has 0 aliphatic carbocycles. The summed E-state index contributed by atoms with van der Waals surface area (Å²) in [5, 5.41) is 4.02. The standard InChI is InChI=1S/C11H18N4O.2C2H6/c1-3-14-6-8-15(9-7-14)11(16)10-4-5-12-13(10)2;2*1-2/h4-5H,3,6-9H2,1-2H3;2*1-2H3. The highest BCUT2D eigenvalue weighted by atomic mass is 16.2. The molecule has 1 aromatic rings. The van der Waals surface area contributed by atoms with E-state index in [4.69, 9.17) is 0 Å². The largest absolute Gasteiger partial charge is 0.335 e. The van der Waals surface area contributed by atoms with Crippen molar-refractivity contribution in [2.75, 3.05) is 32.7 Å². The average molecular weight is 282 g/mol. The summed E-state index contributed by atoms with van der Waals surface area (Å²) in [5.74, 6) is 0.0933. The number of carbonyl (C=O) groups is 1. The van der Waals surface area contributed by atoms with Gasteiger partial charge in [0, 0.05) is 39.4 Å². The molecule has 0 saturated carbocycles. The highest BCUT2D eigenvalue weighted by Crippen LogP contribution is 2.07. The Morgan fingerprint density at radius 1 is 1.15 bits per heavy atom. The van der Waals surface area contributed by atoms with Crippen LogP contribution >= 0.6 is 0 Å². The van der Waals surface area contributed by atoms with E-state index < -0.39 is 0 Å². The van der Waals surface area contributed by atoms with Crippen LogP contribution in [0, 0.1) is 0 Å². The van der Waals surface area contributed by atoms with Crippen LogP contribution < -0.4 is 0 Å². The molecule has 0 N–H and O–H groups in total. The van der Waals surface area contributed by atoms with E-state index in [-0.39, 0.29) is 5.91 Å². The van der Waals surface area contributed by atoms with Gasteiger partial charge in [0.1, 0.15) is 5.69 Å². The van der Waals surface area contributed by atoms with Crippen LogP contribution in [0.5, 0.6) is 0 Å². The maximum atomic E-state index is 12.1. The number of carbonyl (C=O) groups excluding carboxylic acids is 1. The Morgan fingerprint density at radius 3 is 2.10 bits per heavy atom. The summed E-state index contributed by atoms with van der Waals surface area (Å²) in [5.41, 5.74) is 0.671. The number of aromatic nitrogens is 2. The minimum atomic E-state index is 0.0933. The summed E-state index contributed by atoms with van der Waals surface area (Å²) < 4.78 is 1.63. The Balaban J connectivity index is 0.000000829. The third-order valence-corrected chi connectivity index (χ3v) is 3.15. The van der Waals surface area contributed by atoms with Crippen LogP contribution in [0.1, 0.15) is 45.1 Å². The minimum absolute atomic E-state index is 0.0933. The normalized spacial score (nSPS) is 14.8. The Hall–Kier alpha value is -1.36. The van der Waals surface area contributed by atoms with Crippen LogP contribution in [0.3, 0.4) is 0 Å². The van der Waals surface area contributed by atoms with E-state index in [0.717, 1.165) is 32.7 Å². The molecule has 1 saturated heterocycles. The van der Waals surface area contributed by atoms with Crippen molar-refractivity contribution >= 4 is 5.91 Å². The molecule has 5 nitrogen and oxygen atoms in total. The lowest BCUT2D eigenvalue weighted by Crippen LogP contribution is -2.48. The van der Waals surface area contributed by atoms with Crippen molar-refractivity contribution in [3.8, 4) is 0 Å². The van der Waals surface area contributed by atoms with Gasteiger partial charge in [0.2, 0.25) is 0 Å². The van der Waals surface area contributed by atoms with Crippen LogP contribution in [0.15, 0.2) is 12.3 Å². The Morgan fingerprint density at radius 2 is 1.70 bits per heavy atom. The Bertz CT molecular complexity index is 368. The molecule has 0 spiro atoms. The maximum absolute atomic E-state index is 12.1. The number of hydrogen-bond acceptors (Lipinski definition) is 3. The summed E-state index contributed by atoms with van der Waals surface area (Å²) in [4.78, 5) is 16.4. The van der Waals surface area contributed by atoms with Gasteiger partial charge in [-0.3, -0.25) is 9.48 Å². The number of nitrogens with zero attached hydrogens (tertiary/aromatic N) is 4. The van der Waals surface area contributed by atoms with Crippen LogP contribution in [0.4, 0.5) is 0 Å². The zero-order valence-electron chi connectivity index (χ0n) is 13.9. The van der Waals surface area contributed by atoms with Crippen molar-refractivity contribution in [3.05, 3.63) is 18.0 Å². The van der Waals surface area contributed by atoms with Gasteiger partial charge in [-0.1, -0.05) is 34.6 Å². The van der Waals surface area contributed by atoms with Crippen molar-refractivity contribution < 1.29 is 4.79 Å². The number of rotatable bonds is 2. The van der Waals surface area contributed by atoms with Crippen LogP contribution in [-0.4, -0.2) is 58.2 Å². The zero-order chi connectivity index (χ0) is 15.5. The fourth-order valence-electron chi connectivity index (χ4n) is 2.01. The predicted molar refractivity (Wildman–Crippen MR) is 83.9 cm³/mol. The smallest absolute Gasteiger partial charge is 0.272 e. The third-order valence-electron chi connectivity index (χ3n) is 3.15. The molecule has 1 aliphatic heterocycles. The van der Waals surface area contributed by atoms with E-state index in [2.05, 4.69) is 16.9 Å². The monoisotopic (exact) mass is 282 g/mol. The summed E-state index contributed by atoms with van der Waals surface area (Å²) in [6.45, 7) is 14.8. The number of likely N-dealkylation sites (N-methyl/N-ethyl adjacent to an activating group) is 1. The van der Waals surface area contributed by atoms with E-state index in [1.165, 1.54) is 0 Å². The van der Waals surface area contributed by atoms with Gasteiger partial charge in [-0.2, -0.15) is 5.10 Å². The molecule has 116 valence electrons. The lowest BCUT2D eigenvalue weighted by atomic mass is 10.3. The van der Waals surface area contributed by atoms with Crippen molar-refractivity contribution in [2.45, 2.75) is 34.6 Å². The molecule has 1 amide bonds. The van der Waals surface area contributed by atoms with Crippen LogP contribution in [-0.2, 0) is 7.05 Å². The molecule has 5 heteroatoms. The highest BCUT2D eigenvalue weighted by molar-refractivity contribution is 5.92. The lowest BCUT2D eigenvalue weighted by Gasteiger charge is -2.33. The molecule has 0 atom stereocenters. The van der Waals surface area contributed by atoms with E-state index in [1.54, 1.807) is 24.0 Å². The fraction of sp³-hybridized carbons (Fsp3) is 0.733. The van der Waals surface area contributed by atoms with Gasteiger partial charge in [-0.05, 0) is 12.6 Å². The maximum Gasteiger partial charge on any atom is 0.272 e. The Kier molecular flexibility index (Phi) is 9.72. The second kappa shape index (κ2) is 10.4. The van der Waals surface area contributed by atoms with Crippen molar-refractivity contribution in [2.24, 2.45) is 7.05 Å². The third kappa shape index (κ3) is 4.96. The summed E-state index contributed by atoms with van der Waals surface area (Å²) in [7, 11) is 1.80. The second-order valence-corrected chi connectivity index (χ2v) is 4.07. The molecule has 2 heterocycles. The van der Waals surface area contributed by atoms with E-state index in [1.807, 2.05) is 32.6 Å². The van der Waals surface area contributed by atoms with Gasteiger partial charge in [-0.25, -0.2) is 0 Å². The Labute approximate surface area is 123 Å². The average Bonchev–Trinajstić information content (AvgIpc) is 2.97. The second-order valence-electron chi connectivity index (χ2n) is 4.07. The first-order chi connectivity index (χ1) is 9.72. The predicted octanol–water partition coefficient (Wildman–Crippen LogP) is 2.25. The zero-order valence-corrected chi connectivity index (χ0v) is 13.9. The number of amides is 1. The van der Waals surface area contributed by atoms with E-state index in [0.29, 0.717) is 5.69 Å². The van der Waals surface area contributed by atoms with E-state index >= 15 is 0 Å². The first-order valence-corrected chi connectivity index (χ1v) is 7.72. The topological polar surface area (TPSA) is 41.4 Å². The van der Waals surface area contributed by atoms with Crippen LogP contribution in [0.25, 0.3) is 0 Å². The first-order valence-electron chi connectivity index (χ1n) is 7.72. The van der Waals surface area contributed by atoms with Gasteiger partial charge in [0.25, 0.3) is 5.91 Å². The number of aryl methyl sites for hydroxylation is 1. The number of hydrogen-bond donors (Lipinski definition) is 0. The molecule has 1 aliphatic rings. The molecule has 1 fully saturated rings. The SMILES string of the molecule is CC.CC.CCN1CCN(C(=O)c2ccnn2C)CC1. The van der Waals surface area contributed by atoms with Crippen LogP contribution in [0.2, 0.25) is 0 Å².